The summed E-state index contributed by atoms with van der Waals surface area (Å²) >= 11 is 0. The van der Waals surface area contributed by atoms with Gasteiger partial charge in [0.05, 0.1) is 0 Å². The maximum absolute atomic E-state index is 11.6. The Hall–Kier alpha value is -2.04. The fraction of sp³-hybridized carbons (Fsp3) is 0.529. The van der Waals surface area contributed by atoms with Crippen LogP contribution in [0, 0.1) is 6.92 Å². The molecule has 0 radical (unpaired) electrons. The molecule has 0 aliphatic carbocycles. The molecule has 0 saturated carbocycles. The maximum atomic E-state index is 11.6. The Morgan fingerprint density at radius 3 is 2.41 bits per heavy atom. The Morgan fingerprint density at radius 2 is 1.82 bits per heavy atom. The van der Waals surface area contributed by atoms with Crippen LogP contribution in [-0.2, 0) is 14.3 Å². The van der Waals surface area contributed by atoms with Crippen LogP contribution in [0.25, 0.3) is 0 Å². The van der Waals surface area contributed by atoms with E-state index in [0.717, 1.165) is 11.1 Å². The van der Waals surface area contributed by atoms with Crippen LogP contribution in [0.1, 0.15) is 44.7 Å². The molecule has 0 unspecified atom stereocenters. The van der Waals surface area contributed by atoms with Gasteiger partial charge in [0.25, 0.3) is 5.91 Å². The molecule has 1 aromatic rings. The minimum Gasteiger partial charge on any atom is -0.482 e. The molecule has 1 N–H and O–H groups in total. The number of aryl methyl sites for hydroxylation is 1. The highest BCUT2D eigenvalue weighted by atomic mass is 16.6. The summed E-state index contributed by atoms with van der Waals surface area (Å²) in [7, 11) is 0. The SMILES string of the molecule is Cc1ccc(C(C)C)c(OCC(=O)OCC(=O)NC(C)C)c1. The molecular formula is C17H25NO4. The molecule has 5 nitrogen and oxygen atoms in total. The summed E-state index contributed by atoms with van der Waals surface area (Å²) in [6.07, 6.45) is 0. The van der Waals surface area contributed by atoms with Gasteiger partial charge in [-0.25, -0.2) is 4.79 Å². The smallest absolute Gasteiger partial charge is 0.344 e. The summed E-state index contributed by atoms with van der Waals surface area (Å²) in [6, 6.07) is 5.92. The molecule has 0 heterocycles. The van der Waals surface area contributed by atoms with Crippen molar-refractivity contribution in [2.24, 2.45) is 0 Å². The molecule has 0 aliphatic rings. The normalized spacial score (nSPS) is 10.7. The van der Waals surface area contributed by atoms with E-state index in [0.29, 0.717) is 11.7 Å². The number of carbonyl (C=O) groups is 2. The van der Waals surface area contributed by atoms with Crippen molar-refractivity contribution in [1.29, 1.82) is 0 Å². The lowest BCUT2D eigenvalue weighted by Crippen LogP contribution is -2.34. The lowest BCUT2D eigenvalue weighted by atomic mass is 10.0. The number of ether oxygens (including phenoxy) is 2. The van der Waals surface area contributed by atoms with Crippen LogP contribution in [0.2, 0.25) is 0 Å². The van der Waals surface area contributed by atoms with Gasteiger partial charge in [-0.1, -0.05) is 26.0 Å². The predicted octanol–water partition coefficient (Wildman–Crippen LogP) is 2.57. The first-order chi connectivity index (χ1) is 10.3. The number of esters is 1. The molecule has 0 aliphatic heterocycles. The number of nitrogens with one attached hydrogen (secondary N) is 1. The van der Waals surface area contributed by atoms with Crippen LogP contribution in [0.4, 0.5) is 0 Å². The third-order valence-electron chi connectivity index (χ3n) is 2.95. The van der Waals surface area contributed by atoms with Crippen molar-refractivity contribution in [1.82, 2.24) is 5.32 Å². The fourth-order valence-electron chi connectivity index (χ4n) is 1.93. The standard InChI is InChI=1S/C17H25NO4/c1-11(2)14-7-6-13(5)8-15(14)21-10-17(20)22-9-16(19)18-12(3)4/h6-8,11-12H,9-10H2,1-5H3,(H,18,19). The van der Waals surface area contributed by atoms with Crippen LogP contribution in [-0.4, -0.2) is 31.1 Å². The Kier molecular flexibility index (Phi) is 6.89. The van der Waals surface area contributed by atoms with E-state index in [1.165, 1.54) is 0 Å². The topological polar surface area (TPSA) is 64.6 Å². The second-order valence-corrected chi connectivity index (χ2v) is 5.87. The largest absolute Gasteiger partial charge is 0.482 e. The monoisotopic (exact) mass is 307 g/mol. The maximum Gasteiger partial charge on any atom is 0.344 e. The average Bonchev–Trinajstić information content (AvgIpc) is 2.41. The van der Waals surface area contributed by atoms with E-state index in [4.69, 9.17) is 9.47 Å². The average molecular weight is 307 g/mol. The first-order valence-electron chi connectivity index (χ1n) is 7.48. The highest BCUT2D eigenvalue weighted by Gasteiger charge is 2.12. The molecular weight excluding hydrogens is 282 g/mol. The lowest BCUT2D eigenvalue weighted by Gasteiger charge is -2.14. The zero-order valence-corrected chi connectivity index (χ0v) is 13.9. The number of benzene rings is 1. The van der Waals surface area contributed by atoms with E-state index in [1.54, 1.807) is 0 Å². The van der Waals surface area contributed by atoms with Gasteiger partial charge in [-0.3, -0.25) is 4.79 Å². The van der Waals surface area contributed by atoms with E-state index >= 15 is 0 Å². The van der Waals surface area contributed by atoms with Crippen molar-refractivity contribution in [2.75, 3.05) is 13.2 Å². The van der Waals surface area contributed by atoms with E-state index in [9.17, 15) is 9.59 Å². The van der Waals surface area contributed by atoms with E-state index in [-0.39, 0.29) is 25.2 Å². The summed E-state index contributed by atoms with van der Waals surface area (Å²) in [6.45, 7) is 9.27. The van der Waals surface area contributed by atoms with Crippen molar-refractivity contribution < 1.29 is 19.1 Å². The van der Waals surface area contributed by atoms with Gasteiger partial charge in [-0.05, 0) is 43.9 Å². The van der Waals surface area contributed by atoms with Crippen LogP contribution in [0.15, 0.2) is 18.2 Å². The van der Waals surface area contributed by atoms with Crippen molar-refractivity contribution in [3.8, 4) is 5.75 Å². The summed E-state index contributed by atoms with van der Waals surface area (Å²) in [4.78, 5) is 23.0. The highest BCUT2D eigenvalue weighted by molar-refractivity contribution is 5.81. The van der Waals surface area contributed by atoms with Gasteiger partial charge in [0.1, 0.15) is 5.75 Å². The molecule has 0 fully saturated rings. The Bertz CT molecular complexity index is 523. The quantitative estimate of drug-likeness (QED) is 0.786. The third-order valence-corrected chi connectivity index (χ3v) is 2.95. The molecule has 1 amide bonds. The minimum atomic E-state index is -0.560. The van der Waals surface area contributed by atoms with Gasteiger partial charge < -0.3 is 14.8 Å². The van der Waals surface area contributed by atoms with Crippen LogP contribution < -0.4 is 10.1 Å². The van der Waals surface area contributed by atoms with Gasteiger partial charge in [0, 0.05) is 6.04 Å². The zero-order chi connectivity index (χ0) is 16.7. The third kappa shape index (κ3) is 6.16. The van der Waals surface area contributed by atoms with Gasteiger partial charge >= 0.3 is 5.97 Å². The van der Waals surface area contributed by atoms with Gasteiger partial charge in [0.2, 0.25) is 0 Å². The minimum absolute atomic E-state index is 0.0170. The Balaban J connectivity index is 2.51. The molecule has 1 aromatic carbocycles. The van der Waals surface area contributed by atoms with Crippen molar-refractivity contribution >= 4 is 11.9 Å². The molecule has 1 rings (SSSR count). The molecule has 0 bridgehead atoms. The Labute approximate surface area is 132 Å². The van der Waals surface area contributed by atoms with Crippen molar-refractivity contribution in [3.63, 3.8) is 0 Å². The number of amides is 1. The summed E-state index contributed by atoms with van der Waals surface area (Å²) < 4.78 is 10.4. The number of carbonyl (C=O) groups excluding carboxylic acids is 2. The van der Waals surface area contributed by atoms with Gasteiger partial charge in [0.15, 0.2) is 13.2 Å². The Morgan fingerprint density at radius 1 is 1.14 bits per heavy atom. The molecule has 122 valence electrons. The predicted molar refractivity (Wildman–Crippen MR) is 85.0 cm³/mol. The summed E-state index contributed by atoms with van der Waals surface area (Å²) in [5, 5.41) is 2.65. The van der Waals surface area contributed by atoms with Crippen LogP contribution >= 0.6 is 0 Å². The number of rotatable bonds is 7. The zero-order valence-electron chi connectivity index (χ0n) is 13.9. The van der Waals surface area contributed by atoms with Crippen molar-refractivity contribution in [2.45, 2.75) is 46.6 Å². The molecule has 0 atom stereocenters. The van der Waals surface area contributed by atoms with Gasteiger partial charge in [-0.15, -0.1) is 0 Å². The van der Waals surface area contributed by atoms with E-state index in [2.05, 4.69) is 19.2 Å². The number of hydrogen-bond donors (Lipinski definition) is 1. The second-order valence-electron chi connectivity index (χ2n) is 5.87. The summed E-state index contributed by atoms with van der Waals surface area (Å²) in [5.74, 6) is 0.0962. The van der Waals surface area contributed by atoms with E-state index in [1.807, 2.05) is 39.0 Å². The first kappa shape index (κ1) is 18.0. The first-order valence-corrected chi connectivity index (χ1v) is 7.48. The highest BCUT2D eigenvalue weighted by Crippen LogP contribution is 2.27. The van der Waals surface area contributed by atoms with Gasteiger partial charge in [-0.2, -0.15) is 0 Å². The molecule has 0 spiro atoms. The molecule has 0 aromatic heterocycles. The fourth-order valence-corrected chi connectivity index (χ4v) is 1.93. The molecule has 0 saturated heterocycles. The van der Waals surface area contributed by atoms with Crippen LogP contribution in [0.5, 0.6) is 5.75 Å². The lowest BCUT2D eigenvalue weighted by molar-refractivity contribution is -0.150. The number of hydrogen-bond acceptors (Lipinski definition) is 4. The summed E-state index contributed by atoms with van der Waals surface area (Å²) in [5.41, 5.74) is 2.10. The van der Waals surface area contributed by atoms with Crippen molar-refractivity contribution in [3.05, 3.63) is 29.3 Å². The second kappa shape index (κ2) is 8.41. The molecule has 5 heteroatoms. The van der Waals surface area contributed by atoms with Crippen LogP contribution in [0.3, 0.4) is 0 Å². The van der Waals surface area contributed by atoms with E-state index < -0.39 is 5.97 Å². The molecule has 22 heavy (non-hydrogen) atoms.